The average molecular weight is 395 g/mol. The van der Waals surface area contributed by atoms with Crippen molar-refractivity contribution in [3.05, 3.63) is 52.0 Å². The zero-order valence-electron chi connectivity index (χ0n) is 12.9. The van der Waals surface area contributed by atoms with Crippen molar-refractivity contribution < 1.29 is 18.7 Å². The van der Waals surface area contributed by atoms with Crippen molar-refractivity contribution in [2.24, 2.45) is 0 Å². The fourth-order valence-corrected chi connectivity index (χ4v) is 2.92. The van der Waals surface area contributed by atoms with E-state index >= 15 is 0 Å². The highest BCUT2D eigenvalue weighted by molar-refractivity contribution is 9.10. The van der Waals surface area contributed by atoms with Crippen LogP contribution in [-0.4, -0.2) is 41.3 Å². The number of halogens is 2. The molecule has 1 N–H and O–H groups in total. The van der Waals surface area contributed by atoms with Crippen molar-refractivity contribution in [3.8, 4) is 5.75 Å². The molecule has 1 aliphatic heterocycles. The molecule has 3 rings (SSSR count). The van der Waals surface area contributed by atoms with E-state index in [0.717, 1.165) is 25.9 Å². The molecule has 2 heterocycles. The van der Waals surface area contributed by atoms with Gasteiger partial charge < -0.3 is 14.6 Å². The Bertz CT molecular complexity index is 769. The van der Waals surface area contributed by atoms with Crippen LogP contribution in [0.2, 0.25) is 0 Å². The van der Waals surface area contributed by atoms with E-state index in [0.29, 0.717) is 15.7 Å². The molecule has 0 atom stereocenters. The molecule has 0 bridgehead atoms. The van der Waals surface area contributed by atoms with Gasteiger partial charge in [-0.25, -0.2) is 4.39 Å². The zero-order chi connectivity index (χ0) is 17.1. The number of nitrogens with one attached hydrogen (secondary N) is 1. The van der Waals surface area contributed by atoms with Crippen molar-refractivity contribution in [2.75, 3.05) is 19.7 Å². The van der Waals surface area contributed by atoms with Crippen molar-refractivity contribution in [3.63, 3.8) is 0 Å². The molecule has 0 aliphatic carbocycles. The summed E-state index contributed by atoms with van der Waals surface area (Å²) in [6.45, 7) is 1.19. The third kappa shape index (κ3) is 3.67. The van der Waals surface area contributed by atoms with Gasteiger partial charge in [0.25, 0.3) is 5.91 Å². The molecule has 5 nitrogen and oxygen atoms in total. The summed E-state index contributed by atoms with van der Waals surface area (Å²) in [5.74, 6) is -0.966. The lowest BCUT2D eigenvalue weighted by Crippen LogP contribution is -2.27. The summed E-state index contributed by atoms with van der Waals surface area (Å²) in [5, 5.41) is 0. The van der Waals surface area contributed by atoms with Crippen LogP contribution in [0.5, 0.6) is 5.75 Å². The van der Waals surface area contributed by atoms with Crippen molar-refractivity contribution >= 4 is 27.6 Å². The number of carbonyl (C=O) groups is 2. The molecule has 0 spiro atoms. The number of rotatable bonds is 5. The van der Waals surface area contributed by atoms with E-state index < -0.39 is 5.82 Å². The van der Waals surface area contributed by atoms with Crippen molar-refractivity contribution in [1.29, 1.82) is 0 Å². The molecule has 24 heavy (non-hydrogen) atoms. The first-order valence-electron chi connectivity index (χ1n) is 7.63. The van der Waals surface area contributed by atoms with E-state index in [1.807, 2.05) is 0 Å². The topological polar surface area (TPSA) is 62.4 Å². The number of H-pyrrole nitrogens is 1. The average Bonchev–Trinajstić information content (AvgIpc) is 3.25. The minimum absolute atomic E-state index is 0.00968. The molecule has 126 valence electrons. The Balaban J connectivity index is 1.62. The number of benzene rings is 1. The van der Waals surface area contributed by atoms with E-state index in [1.54, 1.807) is 11.0 Å². The number of ketones is 1. The summed E-state index contributed by atoms with van der Waals surface area (Å²) < 4.78 is 19.5. The summed E-state index contributed by atoms with van der Waals surface area (Å²) in [7, 11) is 0. The maximum Gasteiger partial charge on any atom is 0.270 e. The fraction of sp³-hybridized carbons (Fsp3) is 0.294. The molecule has 7 heteroatoms. The lowest BCUT2D eigenvalue weighted by Gasteiger charge is -2.13. The highest BCUT2D eigenvalue weighted by Gasteiger charge is 2.21. The molecule has 1 aliphatic rings. The molecule has 0 saturated carbocycles. The summed E-state index contributed by atoms with van der Waals surface area (Å²) in [6, 6.07) is 5.87. The van der Waals surface area contributed by atoms with Gasteiger partial charge >= 0.3 is 0 Å². The molecule has 1 saturated heterocycles. The van der Waals surface area contributed by atoms with E-state index in [4.69, 9.17) is 4.74 Å². The third-order valence-corrected chi connectivity index (χ3v) is 4.37. The fourth-order valence-electron chi connectivity index (χ4n) is 2.59. The van der Waals surface area contributed by atoms with Crippen LogP contribution in [0.25, 0.3) is 0 Å². The number of aromatic amines is 1. The van der Waals surface area contributed by atoms with Gasteiger partial charge in [0.15, 0.2) is 18.2 Å². The first-order valence-corrected chi connectivity index (χ1v) is 8.42. The molecule has 1 amide bonds. The number of amides is 1. The first kappa shape index (κ1) is 16.7. The van der Waals surface area contributed by atoms with Gasteiger partial charge in [0, 0.05) is 29.3 Å². The van der Waals surface area contributed by atoms with E-state index in [2.05, 4.69) is 20.9 Å². The first-order chi connectivity index (χ1) is 11.5. The highest BCUT2D eigenvalue weighted by atomic mass is 79.9. The van der Waals surface area contributed by atoms with Gasteiger partial charge in [0.2, 0.25) is 5.78 Å². The largest absolute Gasteiger partial charge is 0.482 e. The van der Waals surface area contributed by atoms with Crippen LogP contribution in [0, 0.1) is 5.82 Å². The second-order valence-corrected chi connectivity index (χ2v) is 6.50. The number of likely N-dealkylation sites (tertiary alicyclic amines) is 1. The van der Waals surface area contributed by atoms with Crippen molar-refractivity contribution in [1.82, 2.24) is 9.88 Å². The minimum atomic E-state index is -0.545. The third-order valence-electron chi connectivity index (χ3n) is 3.88. The van der Waals surface area contributed by atoms with Gasteiger partial charge in [-0.05, 0) is 37.1 Å². The molecule has 1 aromatic heterocycles. The standard InChI is InChI=1S/C17H16BrFN2O3/c18-12-3-4-16(13(19)8-12)24-10-15(22)11-7-14(20-9-11)17(23)21-5-1-2-6-21/h3-4,7-9,20H,1-2,5-6,10H2. The van der Waals surface area contributed by atoms with E-state index in [-0.39, 0.29) is 24.0 Å². The Morgan fingerprint density at radius 1 is 1.25 bits per heavy atom. The Hall–Kier alpha value is -2.15. The summed E-state index contributed by atoms with van der Waals surface area (Å²) in [5.41, 5.74) is 0.727. The van der Waals surface area contributed by atoms with Gasteiger partial charge in [-0.1, -0.05) is 15.9 Å². The normalized spacial score (nSPS) is 14.0. The number of ether oxygens (including phenoxy) is 1. The smallest absolute Gasteiger partial charge is 0.270 e. The molecule has 0 radical (unpaired) electrons. The lowest BCUT2D eigenvalue weighted by atomic mass is 10.2. The second-order valence-electron chi connectivity index (χ2n) is 5.59. The maximum atomic E-state index is 13.7. The van der Waals surface area contributed by atoms with Crippen LogP contribution in [0.1, 0.15) is 33.7 Å². The Morgan fingerprint density at radius 2 is 2.00 bits per heavy atom. The second kappa shape index (κ2) is 7.17. The van der Waals surface area contributed by atoms with Crippen LogP contribution in [0.4, 0.5) is 4.39 Å². The zero-order valence-corrected chi connectivity index (χ0v) is 14.4. The number of carbonyl (C=O) groups excluding carboxylic acids is 2. The monoisotopic (exact) mass is 394 g/mol. The summed E-state index contributed by atoms with van der Waals surface area (Å²) >= 11 is 3.15. The van der Waals surface area contributed by atoms with E-state index in [1.165, 1.54) is 24.4 Å². The molecule has 2 aromatic rings. The molecular formula is C17H16BrFN2O3. The van der Waals surface area contributed by atoms with Crippen LogP contribution in [-0.2, 0) is 0 Å². The molecule has 0 unspecified atom stereocenters. The van der Waals surface area contributed by atoms with Gasteiger partial charge in [-0.15, -0.1) is 0 Å². The SMILES string of the molecule is O=C(COc1ccc(Br)cc1F)c1c[nH]c(C(=O)N2CCCC2)c1. The van der Waals surface area contributed by atoms with Gasteiger partial charge in [-0.3, -0.25) is 9.59 Å². The highest BCUT2D eigenvalue weighted by Crippen LogP contribution is 2.21. The van der Waals surface area contributed by atoms with Crippen LogP contribution in [0.3, 0.4) is 0 Å². The van der Waals surface area contributed by atoms with Crippen LogP contribution >= 0.6 is 15.9 Å². The number of Topliss-reactive ketones (excluding diaryl/α,β-unsaturated/α-hetero) is 1. The minimum Gasteiger partial charge on any atom is -0.482 e. The van der Waals surface area contributed by atoms with Crippen LogP contribution in [0.15, 0.2) is 34.9 Å². The van der Waals surface area contributed by atoms with Gasteiger partial charge in [0.05, 0.1) is 0 Å². The quantitative estimate of drug-likeness (QED) is 0.790. The van der Waals surface area contributed by atoms with Gasteiger partial charge in [0.1, 0.15) is 5.69 Å². The number of hydrogen-bond acceptors (Lipinski definition) is 3. The predicted molar refractivity (Wildman–Crippen MR) is 89.9 cm³/mol. The lowest BCUT2D eigenvalue weighted by molar-refractivity contribution is 0.0787. The number of hydrogen-bond donors (Lipinski definition) is 1. The Kier molecular flexibility index (Phi) is 4.99. The van der Waals surface area contributed by atoms with E-state index in [9.17, 15) is 14.0 Å². The molecule has 1 fully saturated rings. The van der Waals surface area contributed by atoms with Gasteiger partial charge in [-0.2, -0.15) is 0 Å². The van der Waals surface area contributed by atoms with Crippen LogP contribution < -0.4 is 4.74 Å². The predicted octanol–water partition coefficient (Wildman–Crippen LogP) is 3.41. The number of aromatic nitrogens is 1. The molecule has 1 aromatic carbocycles. The number of nitrogens with zero attached hydrogens (tertiary/aromatic N) is 1. The summed E-state index contributed by atoms with van der Waals surface area (Å²) in [6.07, 6.45) is 3.49. The Labute approximate surface area is 146 Å². The Morgan fingerprint density at radius 3 is 2.71 bits per heavy atom. The maximum absolute atomic E-state index is 13.7. The summed E-state index contributed by atoms with van der Waals surface area (Å²) in [4.78, 5) is 29.0. The van der Waals surface area contributed by atoms with Crippen molar-refractivity contribution in [2.45, 2.75) is 12.8 Å². The molecular weight excluding hydrogens is 379 g/mol.